The molecule has 5 heteroatoms. The molecular weight excluding hydrogens is 302 g/mol. The standard InChI is InChI=1S/C19H19N3O2/c1-12-17-15(19(23)24-2)10-16(14-8-9-14)20-18(17)22(21-12)11-13-6-4-3-5-7-13/h3-7,10,14H,8-9,11H2,1-2H3. The Labute approximate surface area is 140 Å². The van der Waals surface area contributed by atoms with Crippen LogP contribution in [0.1, 0.15) is 46.1 Å². The molecule has 0 unspecified atom stereocenters. The third-order valence-electron chi connectivity index (χ3n) is 4.47. The molecule has 0 N–H and O–H groups in total. The molecule has 3 aromatic rings. The van der Waals surface area contributed by atoms with E-state index in [-0.39, 0.29) is 5.97 Å². The van der Waals surface area contributed by atoms with Crippen molar-refractivity contribution in [1.82, 2.24) is 14.8 Å². The highest BCUT2D eigenvalue weighted by molar-refractivity contribution is 6.03. The molecule has 0 bridgehead atoms. The van der Waals surface area contributed by atoms with Gasteiger partial charge in [-0.25, -0.2) is 14.5 Å². The third-order valence-corrected chi connectivity index (χ3v) is 4.47. The molecule has 1 aliphatic rings. The summed E-state index contributed by atoms with van der Waals surface area (Å²) in [6, 6.07) is 12.0. The van der Waals surface area contributed by atoms with E-state index < -0.39 is 0 Å². The van der Waals surface area contributed by atoms with Crippen molar-refractivity contribution in [2.45, 2.75) is 32.2 Å². The molecule has 0 radical (unpaired) electrons. The summed E-state index contributed by atoms with van der Waals surface area (Å²) in [5.41, 5.74) is 4.26. The number of rotatable bonds is 4. The van der Waals surface area contributed by atoms with Crippen molar-refractivity contribution in [2.24, 2.45) is 0 Å². The smallest absolute Gasteiger partial charge is 0.338 e. The van der Waals surface area contributed by atoms with Crippen LogP contribution in [0.25, 0.3) is 11.0 Å². The fraction of sp³-hybridized carbons (Fsp3) is 0.316. The average molecular weight is 321 g/mol. The predicted molar refractivity (Wildman–Crippen MR) is 91.1 cm³/mol. The molecule has 24 heavy (non-hydrogen) atoms. The molecule has 5 nitrogen and oxygen atoms in total. The number of carbonyl (C=O) groups excluding carboxylic acids is 1. The fourth-order valence-electron chi connectivity index (χ4n) is 3.10. The van der Waals surface area contributed by atoms with Gasteiger partial charge in [0.15, 0.2) is 5.65 Å². The first-order valence-electron chi connectivity index (χ1n) is 8.17. The van der Waals surface area contributed by atoms with Gasteiger partial charge < -0.3 is 4.74 Å². The Balaban J connectivity index is 1.89. The molecular formula is C19H19N3O2. The van der Waals surface area contributed by atoms with Crippen LogP contribution in [0.15, 0.2) is 36.4 Å². The maximum absolute atomic E-state index is 12.3. The van der Waals surface area contributed by atoms with E-state index >= 15 is 0 Å². The number of ether oxygens (including phenoxy) is 1. The number of hydrogen-bond acceptors (Lipinski definition) is 4. The van der Waals surface area contributed by atoms with Crippen LogP contribution in [0.4, 0.5) is 0 Å². The summed E-state index contributed by atoms with van der Waals surface area (Å²) >= 11 is 0. The van der Waals surface area contributed by atoms with Crippen molar-refractivity contribution in [1.29, 1.82) is 0 Å². The minimum atomic E-state index is -0.327. The number of hydrogen-bond donors (Lipinski definition) is 0. The van der Waals surface area contributed by atoms with Crippen molar-refractivity contribution < 1.29 is 9.53 Å². The second-order valence-electron chi connectivity index (χ2n) is 6.29. The van der Waals surface area contributed by atoms with E-state index in [0.717, 1.165) is 40.8 Å². The molecule has 1 saturated carbocycles. The number of methoxy groups -OCH3 is 1. The van der Waals surface area contributed by atoms with Crippen LogP contribution in [0.2, 0.25) is 0 Å². The summed E-state index contributed by atoms with van der Waals surface area (Å²) in [5.74, 6) is 0.129. The minimum absolute atomic E-state index is 0.327. The summed E-state index contributed by atoms with van der Waals surface area (Å²) in [6.07, 6.45) is 2.26. The van der Waals surface area contributed by atoms with Gasteiger partial charge >= 0.3 is 5.97 Å². The Hall–Kier alpha value is -2.69. The number of esters is 1. The lowest BCUT2D eigenvalue weighted by Gasteiger charge is -2.07. The summed E-state index contributed by atoms with van der Waals surface area (Å²) in [5, 5.41) is 5.42. The third kappa shape index (κ3) is 2.56. The number of nitrogens with zero attached hydrogens (tertiary/aromatic N) is 3. The molecule has 0 saturated heterocycles. The van der Waals surface area contributed by atoms with Gasteiger partial charge in [0.05, 0.1) is 30.3 Å². The zero-order valence-corrected chi connectivity index (χ0v) is 13.8. The summed E-state index contributed by atoms with van der Waals surface area (Å²) in [4.78, 5) is 17.1. The van der Waals surface area contributed by atoms with E-state index in [1.807, 2.05) is 35.9 Å². The van der Waals surface area contributed by atoms with Crippen LogP contribution >= 0.6 is 0 Å². The van der Waals surface area contributed by atoms with Gasteiger partial charge in [0, 0.05) is 11.6 Å². The van der Waals surface area contributed by atoms with Gasteiger partial charge in [-0.1, -0.05) is 30.3 Å². The monoisotopic (exact) mass is 321 g/mol. The van der Waals surface area contributed by atoms with E-state index in [1.165, 1.54) is 7.11 Å². The average Bonchev–Trinajstić information content (AvgIpc) is 3.41. The Morgan fingerprint density at radius 2 is 2.04 bits per heavy atom. The Morgan fingerprint density at radius 1 is 1.29 bits per heavy atom. The van der Waals surface area contributed by atoms with Gasteiger partial charge in [0.25, 0.3) is 0 Å². The van der Waals surface area contributed by atoms with Crippen molar-refractivity contribution in [3.8, 4) is 0 Å². The number of fused-ring (bicyclic) bond motifs is 1. The number of pyridine rings is 1. The molecule has 0 spiro atoms. The molecule has 0 amide bonds. The van der Waals surface area contributed by atoms with Crippen LogP contribution in [0.3, 0.4) is 0 Å². The van der Waals surface area contributed by atoms with Crippen molar-refractivity contribution in [3.63, 3.8) is 0 Å². The van der Waals surface area contributed by atoms with E-state index in [9.17, 15) is 4.79 Å². The summed E-state index contributed by atoms with van der Waals surface area (Å²) in [7, 11) is 1.41. The maximum Gasteiger partial charge on any atom is 0.338 e. The first-order chi connectivity index (χ1) is 11.7. The van der Waals surface area contributed by atoms with Crippen LogP contribution in [-0.4, -0.2) is 27.8 Å². The molecule has 2 heterocycles. The second kappa shape index (κ2) is 5.74. The van der Waals surface area contributed by atoms with Crippen LogP contribution in [0, 0.1) is 6.92 Å². The van der Waals surface area contributed by atoms with Gasteiger partial charge in [0.2, 0.25) is 0 Å². The largest absolute Gasteiger partial charge is 0.465 e. The SMILES string of the molecule is COC(=O)c1cc(C2CC2)nc2c1c(C)nn2Cc1ccccc1. The molecule has 1 fully saturated rings. The Morgan fingerprint density at radius 3 is 2.71 bits per heavy atom. The zero-order valence-electron chi connectivity index (χ0n) is 13.8. The van der Waals surface area contributed by atoms with Crippen molar-refractivity contribution in [2.75, 3.05) is 7.11 Å². The highest BCUT2D eigenvalue weighted by Gasteiger charge is 2.29. The van der Waals surface area contributed by atoms with Gasteiger partial charge in [-0.05, 0) is 31.4 Å². The van der Waals surface area contributed by atoms with Gasteiger partial charge in [-0.2, -0.15) is 5.10 Å². The quantitative estimate of drug-likeness (QED) is 0.691. The molecule has 1 aliphatic carbocycles. The van der Waals surface area contributed by atoms with E-state index in [2.05, 4.69) is 17.2 Å². The van der Waals surface area contributed by atoms with Crippen LogP contribution < -0.4 is 0 Å². The molecule has 122 valence electrons. The molecule has 2 aromatic heterocycles. The highest BCUT2D eigenvalue weighted by Crippen LogP contribution is 2.40. The normalized spacial score (nSPS) is 14.1. The Kier molecular flexibility index (Phi) is 3.56. The number of aryl methyl sites for hydroxylation is 1. The molecule has 0 atom stereocenters. The summed E-state index contributed by atoms with van der Waals surface area (Å²) in [6.45, 7) is 2.54. The van der Waals surface area contributed by atoms with E-state index in [4.69, 9.17) is 9.72 Å². The zero-order chi connectivity index (χ0) is 16.7. The van der Waals surface area contributed by atoms with Gasteiger partial charge in [-0.3, -0.25) is 0 Å². The van der Waals surface area contributed by atoms with Crippen LogP contribution in [0.5, 0.6) is 0 Å². The number of carbonyl (C=O) groups is 1. The Bertz CT molecular complexity index is 911. The highest BCUT2D eigenvalue weighted by atomic mass is 16.5. The van der Waals surface area contributed by atoms with E-state index in [0.29, 0.717) is 18.0 Å². The molecule has 0 aliphatic heterocycles. The molecule has 1 aromatic carbocycles. The fourth-order valence-corrected chi connectivity index (χ4v) is 3.10. The maximum atomic E-state index is 12.3. The van der Waals surface area contributed by atoms with Crippen molar-refractivity contribution in [3.05, 3.63) is 58.9 Å². The second-order valence-corrected chi connectivity index (χ2v) is 6.29. The van der Waals surface area contributed by atoms with Crippen LogP contribution in [-0.2, 0) is 11.3 Å². The number of aromatic nitrogens is 3. The molecule has 4 rings (SSSR count). The number of benzene rings is 1. The first kappa shape index (κ1) is 14.9. The first-order valence-corrected chi connectivity index (χ1v) is 8.17. The topological polar surface area (TPSA) is 57.0 Å². The summed E-state index contributed by atoms with van der Waals surface area (Å²) < 4.78 is 6.87. The van der Waals surface area contributed by atoms with E-state index in [1.54, 1.807) is 0 Å². The minimum Gasteiger partial charge on any atom is -0.465 e. The lowest BCUT2D eigenvalue weighted by molar-refractivity contribution is 0.0602. The lowest BCUT2D eigenvalue weighted by Crippen LogP contribution is -2.07. The lowest BCUT2D eigenvalue weighted by atomic mass is 10.1. The van der Waals surface area contributed by atoms with Gasteiger partial charge in [-0.15, -0.1) is 0 Å². The van der Waals surface area contributed by atoms with Crippen molar-refractivity contribution >= 4 is 17.0 Å². The van der Waals surface area contributed by atoms with Gasteiger partial charge in [0.1, 0.15) is 0 Å². The predicted octanol–water partition coefficient (Wildman–Crippen LogP) is 3.45.